The molecule has 7 rings (SSSR count). The fourth-order valence-corrected chi connectivity index (χ4v) is 6.90. The lowest BCUT2D eigenvalue weighted by Gasteiger charge is -2.62. The van der Waals surface area contributed by atoms with E-state index in [1.54, 1.807) is 47.3 Å². The first-order valence-corrected chi connectivity index (χ1v) is 11.5. The predicted octanol–water partition coefficient (Wildman–Crippen LogP) is 3.63. The van der Waals surface area contributed by atoms with Gasteiger partial charge in [-0.2, -0.15) is 0 Å². The molecule has 2 N–H and O–H groups in total. The van der Waals surface area contributed by atoms with Gasteiger partial charge >= 0.3 is 0 Å². The molecule has 3 heterocycles. The van der Waals surface area contributed by atoms with Crippen LogP contribution in [0.4, 0.5) is 0 Å². The number of nitrogens with zero attached hydrogens (tertiary/aromatic N) is 3. The Morgan fingerprint density at radius 1 is 0.938 bits per heavy atom. The van der Waals surface area contributed by atoms with Crippen LogP contribution in [0.2, 0.25) is 5.02 Å². The Morgan fingerprint density at radius 3 is 2.28 bits per heavy atom. The lowest BCUT2D eigenvalue weighted by Crippen LogP contribution is -2.69. The Bertz CT molecular complexity index is 1210. The van der Waals surface area contributed by atoms with Crippen molar-refractivity contribution < 1.29 is 9.59 Å². The lowest BCUT2D eigenvalue weighted by molar-refractivity contribution is -0.0449. The molecule has 4 aliphatic carbocycles. The normalized spacial score (nSPS) is 30.4. The third kappa shape index (κ3) is 3.35. The van der Waals surface area contributed by atoms with Crippen LogP contribution >= 0.6 is 11.6 Å². The Balaban J connectivity index is 1.25. The third-order valence-electron chi connectivity index (χ3n) is 7.36. The van der Waals surface area contributed by atoms with Gasteiger partial charge < -0.3 is 15.0 Å². The van der Waals surface area contributed by atoms with Crippen molar-refractivity contribution >= 4 is 29.1 Å². The summed E-state index contributed by atoms with van der Waals surface area (Å²) in [5.41, 5.74) is 0.896. The van der Waals surface area contributed by atoms with Gasteiger partial charge in [0.05, 0.1) is 5.02 Å². The van der Waals surface area contributed by atoms with Gasteiger partial charge in [-0.05, 0) is 74.6 Å². The van der Waals surface area contributed by atoms with E-state index in [-0.39, 0.29) is 22.9 Å². The maximum atomic E-state index is 13.2. The molecule has 0 spiro atoms. The minimum atomic E-state index is -0.313. The predicted molar refractivity (Wildman–Crippen MR) is 120 cm³/mol. The largest absolute Gasteiger partial charge is 0.345 e. The van der Waals surface area contributed by atoms with Crippen LogP contribution in [-0.2, 0) is 0 Å². The van der Waals surface area contributed by atoms with Crippen molar-refractivity contribution in [3.8, 4) is 0 Å². The molecular weight excluding hydrogens is 426 g/mol. The van der Waals surface area contributed by atoms with Crippen LogP contribution in [-0.4, -0.2) is 37.3 Å². The summed E-state index contributed by atoms with van der Waals surface area (Å²) in [7, 11) is 0. The highest BCUT2D eigenvalue weighted by Gasteiger charge is 2.58. The molecule has 2 atom stereocenters. The van der Waals surface area contributed by atoms with E-state index in [1.807, 2.05) is 6.07 Å². The van der Waals surface area contributed by atoms with Crippen molar-refractivity contribution in [3.63, 3.8) is 0 Å². The molecule has 2 amide bonds. The number of carbonyl (C=O) groups is 2. The summed E-state index contributed by atoms with van der Waals surface area (Å²) in [6.07, 6.45) is 10.9. The second kappa shape index (κ2) is 7.04. The molecule has 0 aliphatic heterocycles. The van der Waals surface area contributed by atoms with Crippen LogP contribution in [0.1, 0.15) is 59.5 Å². The van der Waals surface area contributed by atoms with Crippen molar-refractivity contribution in [2.45, 2.75) is 49.6 Å². The summed E-state index contributed by atoms with van der Waals surface area (Å²) >= 11 is 6.07. The number of hydrogen-bond acceptors (Lipinski definition) is 4. The van der Waals surface area contributed by atoms with E-state index in [9.17, 15) is 9.59 Å². The van der Waals surface area contributed by atoms with E-state index in [2.05, 4.69) is 20.6 Å². The zero-order valence-electron chi connectivity index (χ0n) is 17.6. The molecule has 3 aromatic rings. The number of halogens is 1. The van der Waals surface area contributed by atoms with Gasteiger partial charge in [-0.25, -0.2) is 4.98 Å². The summed E-state index contributed by atoms with van der Waals surface area (Å²) in [4.78, 5) is 34.8. The molecule has 3 aromatic heterocycles. The fourth-order valence-electron chi connectivity index (χ4n) is 6.74. The summed E-state index contributed by atoms with van der Waals surface area (Å²) in [5, 5.41) is 7.25. The molecule has 0 radical (unpaired) electrons. The third-order valence-corrected chi connectivity index (χ3v) is 7.59. The van der Waals surface area contributed by atoms with Gasteiger partial charge in [0.1, 0.15) is 17.0 Å². The quantitative estimate of drug-likeness (QED) is 0.636. The van der Waals surface area contributed by atoms with Gasteiger partial charge in [-0.3, -0.25) is 14.6 Å². The number of aromatic nitrogens is 3. The summed E-state index contributed by atoms with van der Waals surface area (Å²) in [5.74, 6) is 0.699. The van der Waals surface area contributed by atoms with Gasteiger partial charge in [0.25, 0.3) is 11.8 Å². The molecule has 0 saturated heterocycles. The molecule has 2 unspecified atom stereocenters. The number of hydrogen-bond donors (Lipinski definition) is 2. The van der Waals surface area contributed by atoms with Crippen LogP contribution in [0.3, 0.4) is 0 Å². The Labute approximate surface area is 190 Å². The van der Waals surface area contributed by atoms with Crippen molar-refractivity contribution in [2.24, 2.45) is 11.8 Å². The summed E-state index contributed by atoms with van der Waals surface area (Å²) in [6.45, 7) is 0. The Hall–Kier alpha value is -2.93. The van der Waals surface area contributed by atoms with Crippen LogP contribution < -0.4 is 10.6 Å². The number of nitrogens with one attached hydrogen (secondary N) is 2. The van der Waals surface area contributed by atoms with Crippen LogP contribution in [0.15, 0.2) is 48.9 Å². The highest BCUT2D eigenvalue weighted by molar-refractivity contribution is 6.30. The van der Waals surface area contributed by atoms with Crippen LogP contribution in [0, 0.1) is 11.8 Å². The van der Waals surface area contributed by atoms with Crippen molar-refractivity contribution in [1.82, 2.24) is 25.0 Å². The van der Waals surface area contributed by atoms with Gasteiger partial charge in [0.2, 0.25) is 0 Å². The zero-order chi connectivity index (χ0) is 21.9. The topological polar surface area (TPSA) is 88.4 Å². The van der Waals surface area contributed by atoms with E-state index in [0.717, 1.165) is 32.1 Å². The highest BCUT2D eigenvalue weighted by Crippen LogP contribution is 2.57. The van der Waals surface area contributed by atoms with Gasteiger partial charge in [-0.15, -0.1) is 0 Å². The second-order valence-corrected chi connectivity index (χ2v) is 10.3. The molecule has 8 heteroatoms. The number of fused-ring (bicyclic) bond motifs is 1. The second-order valence-electron chi connectivity index (χ2n) is 9.88. The highest BCUT2D eigenvalue weighted by atomic mass is 35.5. The molecule has 4 saturated carbocycles. The van der Waals surface area contributed by atoms with E-state index < -0.39 is 0 Å². The van der Waals surface area contributed by atoms with E-state index in [0.29, 0.717) is 33.9 Å². The lowest BCUT2D eigenvalue weighted by atomic mass is 9.49. The monoisotopic (exact) mass is 449 g/mol. The number of carbonyl (C=O) groups excluding carboxylic acids is 2. The van der Waals surface area contributed by atoms with Crippen molar-refractivity contribution in [1.29, 1.82) is 0 Å². The number of imidazole rings is 1. The molecule has 4 fully saturated rings. The minimum absolute atomic E-state index is 0.133. The first kappa shape index (κ1) is 19.7. The number of rotatable bonds is 4. The van der Waals surface area contributed by atoms with Gasteiger partial charge in [0, 0.05) is 29.7 Å². The van der Waals surface area contributed by atoms with Crippen LogP contribution in [0.25, 0.3) is 5.65 Å². The van der Waals surface area contributed by atoms with E-state index in [1.165, 1.54) is 6.42 Å². The molecule has 4 aliphatic rings. The molecule has 7 nitrogen and oxygen atoms in total. The maximum absolute atomic E-state index is 13.2. The van der Waals surface area contributed by atoms with E-state index in [4.69, 9.17) is 11.6 Å². The minimum Gasteiger partial charge on any atom is -0.345 e. The smallest absolute Gasteiger partial charge is 0.271 e. The van der Waals surface area contributed by atoms with Crippen LogP contribution in [0.5, 0.6) is 0 Å². The first-order chi connectivity index (χ1) is 15.4. The fraction of sp³-hybridized carbons (Fsp3) is 0.417. The van der Waals surface area contributed by atoms with Gasteiger partial charge in [0.15, 0.2) is 0 Å². The number of amides is 2. The van der Waals surface area contributed by atoms with Crippen molar-refractivity contribution in [3.05, 3.63) is 65.3 Å². The Kier molecular flexibility index (Phi) is 4.34. The molecule has 0 aromatic carbocycles. The average Bonchev–Trinajstić information content (AvgIpc) is 3.16. The summed E-state index contributed by atoms with van der Waals surface area (Å²) in [6, 6.07) is 8.93. The van der Waals surface area contributed by atoms with Gasteiger partial charge in [-0.1, -0.05) is 17.7 Å². The zero-order valence-corrected chi connectivity index (χ0v) is 18.3. The Morgan fingerprint density at radius 2 is 1.62 bits per heavy atom. The average molecular weight is 450 g/mol. The first-order valence-electron chi connectivity index (χ1n) is 11.1. The molecular formula is C24H24ClN5O2. The number of pyridine rings is 2. The maximum Gasteiger partial charge on any atom is 0.271 e. The summed E-state index contributed by atoms with van der Waals surface area (Å²) < 4.78 is 1.77. The van der Waals surface area contributed by atoms with Crippen molar-refractivity contribution in [2.75, 3.05) is 0 Å². The SMILES string of the molecule is O=C(NC12CC3CC(C1)CC(NC(=O)c1cn4cc(Cl)ccc4n1)(C3)C2)c1ccccn1. The standard InChI is InChI=1S/C24H24ClN5O2/c25-17-4-5-20-27-19(13-30(20)12-17)22(32)29-24-10-15-7-16(11-24)9-23(8-15,14-24)28-21(31)18-3-1-2-6-26-18/h1-6,12-13,15-16H,7-11,14H2,(H,28,31)(H,29,32). The molecule has 4 bridgehead atoms. The molecule has 164 valence electrons. The van der Waals surface area contributed by atoms with E-state index >= 15 is 0 Å². The molecule has 32 heavy (non-hydrogen) atoms.